The lowest BCUT2D eigenvalue weighted by molar-refractivity contribution is 0.159. The van der Waals surface area contributed by atoms with Gasteiger partial charge in [-0.1, -0.05) is 30.3 Å². The molecular formula is C23H25N3O4S. The molecule has 162 valence electrons. The quantitative estimate of drug-likeness (QED) is 0.466. The van der Waals surface area contributed by atoms with E-state index in [-0.39, 0.29) is 10.3 Å². The number of aliphatic hydroxyl groups excluding tert-OH is 1. The second kappa shape index (κ2) is 8.30. The van der Waals surface area contributed by atoms with Crippen molar-refractivity contribution in [2.45, 2.75) is 29.4 Å². The molecule has 1 fully saturated rings. The van der Waals surface area contributed by atoms with Crippen LogP contribution in [0.4, 0.5) is 5.82 Å². The number of ether oxygens (including phenoxy) is 1. The van der Waals surface area contributed by atoms with E-state index in [9.17, 15) is 13.5 Å². The Bertz CT molecular complexity index is 1160. The highest BCUT2D eigenvalue weighted by molar-refractivity contribution is 7.89. The van der Waals surface area contributed by atoms with Crippen LogP contribution < -0.4 is 14.8 Å². The molecule has 0 saturated heterocycles. The predicted octanol–water partition coefficient (Wildman–Crippen LogP) is 3.13. The van der Waals surface area contributed by atoms with E-state index in [4.69, 9.17) is 4.74 Å². The molecule has 1 aromatic heterocycles. The van der Waals surface area contributed by atoms with Gasteiger partial charge in [-0.05, 0) is 61.9 Å². The summed E-state index contributed by atoms with van der Waals surface area (Å²) in [7, 11) is -0.477. The van der Waals surface area contributed by atoms with Crippen LogP contribution in [0, 0.1) is 0 Å². The van der Waals surface area contributed by atoms with Crippen molar-refractivity contribution < 1.29 is 18.3 Å². The molecule has 1 unspecified atom stereocenters. The Kier molecular flexibility index (Phi) is 5.70. The second-order valence-corrected chi connectivity index (χ2v) is 9.46. The molecule has 3 aromatic rings. The Morgan fingerprint density at radius 2 is 1.71 bits per heavy atom. The summed E-state index contributed by atoms with van der Waals surface area (Å²) in [5.41, 5.74) is 2.18. The molecule has 0 bridgehead atoms. The fourth-order valence-electron chi connectivity index (χ4n) is 3.65. The van der Waals surface area contributed by atoms with Crippen molar-refractivity contribution in [3.05, 3.63) is 72.3 Å². The molecular weight excluding hydrogens is 414 g/mol. The number of aliphatic hydroxyl groups is 1. The summed E-state index contributed by atoms with van der Waals surface area (Å²) in [6, 6.07) is 19.8. The number of pyridine rings is 1. The van der Waals surface area contributed by atoms with E-state index in [0.717, 1.165) is 29.7 Å². The Morgan fingerprint density at radius 3 is 2.29 bits per heavy atom. The molecule has 7 nitrogen and oxygen atoms in total. The van der Waals surface area contributed by atoms with Gasteiger partial charge in [-0.25, -0.2) is 18.1 Å². The van der Waals surface area contributed by atoms with Crippen molar-refractivity contribution in [3.63, 3.8) is 0 Å². The Morgan fingerprint density at radius 1 is 1.03 bits per heavy atom. The molecule has 0 radical (unpaired) electrons. The van der Waals surface area contributed by atoms with Crippen LogP contribution in [0.5, 0.6) is 5.75 Å². The third kappa shape index (κ3) is 4.27. The fraction of sp³-hybridized carbons (Fsp3) is 0.261. The van der Waals surface area contributed by atoms with Gasteiger partial charge in [0.25, 0.3) is 0 Å². The van der Waals surface area contributed by atoms with E-state index in [1.165, 1.54) is 7.05 Å². The van der Waals surface area contributed by atoms with Crippen molar-refractivity contribution in [3.8, 4) is 17.0 Å². The molecule has 1 saturated carbocycles. The van der Waals surface area contributed by atoms with Gasteiger partial charge < -0.3 is 15.2 Å². The highest BCUT2D eigenvalue weighted by Crippen LogP contribution is 2.51. The van der Waals surface area contributed by atoms with Gasteiger partial charge in [0, 0.05) is 11.0 Å². The first kappa shape index (κ1) is 21.3. The van der Waals surface area contributed by atoms with E-state index >= 15 is 0 Å². The van der Waals surface area contributed by atoms with Crippen molar-refractivity contribution >= 4 is 15.8 Å². The van der Waals surface area contributed by atoms with Crippen LogP contribution in [0.2, 0.25) is 0 Å². The highest BCUT2D eigenvalue weighted by Gasteiger charge is 2.50. The molecule has 8 heteroatoms. The first-order valence-corrected chi connectivity index (χ1v) is 11.5. The maximum Gasteiger partial charge on any atom is 0.240 e. The summed E-state index contributed by atoms with van der Waals surface area (Å²) in [6.07, 6.45) is 0.982. The number of aromatic nitrogens is 1. The zero-order chi connectivity index (χ0) is 22.1. The van der Waals surface area contributed by atoms with Crippen molar-refractivity contribution in [1.82, 2.24) is 9.71 Å². The number of nitrogens with one attached hydrogen (secondary N) is 2. The largest absolute Gasteiger partial charge is 0.497 e. The van der Waals surface area contributed by atoms with Crippen LogP contribution in [0.15, 0.2) is 71.6 Å². The Hall–Kier alpha value is -2.94. The van der Waals surface area contributed by atoms with Crippen molar-refractivity contribution in [1.29, 1.82) is 0 Å². The lowest BCUT2D eigenvalue weighted by Crippen LogP contribution is -2.33. The van der Waals surface area contributed by atoms with Gasteiger partial charge in [-0.2, -0.15) is 0 Å². The Balaban J connectivity index is 1.52. The van der Waals surface area contributed by atoms with Crippen molar-refractivity contribution in [2.24, 2.45) is 0 Å². The second-order valence-electron chi connectivity index (χ2n) is 7.57. The van der Waals surface area contributed by atoms with Gasteiger partial charge in [0.05, 0.1) is 17.7 Å². The van der Waals surface area contributed by atoms with E-state index in [1.807, 2.05) is 36.4 Å². The van der Waals surface area contributed by atoms with Crippen LogP contribution in [0.3, 0.4) is 0 Å². The number of hydrogen-bond donors (Lipinski definition) is 3. The van der Waals surface area contributed by atoms with Gasteiger partial charge >= 0.3 is 0 Å². The normalized spacial score (nSPS) is 15.8. The zero-order valence-electron chi connectivity index (χ0n) is 17.4. The van der Waals surface area contributed by atoms with Gasteiger partial charge in [0.15, 0.2) is 0 Å². The van der Waals surface area contributed by atoms with Crippen LogP contribution in [0.25, 0.3) is 11.3 Å². The molecule has 0 amide bonds. The standard InChI is InChI=1S/C23H25N3O4S/c1-24-31(28,29)19-12-6-16(7-13-19)20-4-3-5-21(25-20)26-22(27)23(14-15-23)17-8-10-18(30-2)11-9-17/h3-13,22,24,27H,14-15H2,1-2H3,(H,25,26). The molecule has 1 heterocycles. The number of hydrogen-bond acceptors (Lipinski definition) is 6. The van der Waals surface area contributed by atoms with E-state index in [0.29, 0.717) is 11.5 Å². The summed E-state index contributed by atoms with van der Waals surface area (Å²) in [5.74, 6) is 1.33. The molecule has 1 aliphatic carbocycles. The summed E-state index contributed by atoms with van der Waals surface area (Å²) in [4.78, 5) is 4.79. The van der Waals surface area contributed by atoms with E-state index in [2.05, 4.69) is 15.0 Å². The molecule has 1 atom stereocenters. The average molecular weight is 440 g/mol. The molecule has 0 spiro atoms. The number of methoxy groups -OCH3 is 1. The minimum atomic E-state index is -3.49. The van der Waals surface area contributed by atoms with Gasteiger partial charge in [0.1, 0.15) is 17.8 Å². The molecule has 1 aliphatic rings. The number of rotatable bonds is 8. The third-order valence-electron chi connectivity index (χ3n) is 5.74. The van der Waals surface area contributed by atoms with Crippen molar-refractivity contribution in [2.75, 3.05) is 19.5 Å². The number of nitrogens with zero attached hydrogens (tertiary/aromatic N) is 1. The number of benzene rings is 2. The summed E-state index contributed by atoms with van der Waals surface area (Å²) >= 11 is 0. The van der Waals surface area contributed by atoms with E-state index < -0.39 is 16.3 Å². The smallest absolute Gasteiger partial charge is 0.240 e. The van der Waals surface area contributed by atoms with Crippen LogP contribution in [0.1, 0.15) is 18.4 Å². The molecule has 0 aliphatic heterocycles. The monoisotopic (exact) mass is 439 g/mol. The van der Waals surface area contributed by atoms with Gasteiger partial charge in [0.2, 0.25) is 10.0 Å². The minimum Gasteiger partial charge on any atom is -0.497 e. The Labute approximate surface area is 182 Å². The third-order valence-corrected chi connectivity index (χ3v) is 7.17. The zero-order valence-corrected chi connectivity index (χ0v) is 18.2. The van der Waals surface area contributed by atoms with Crippen LogP contribution >= 0.6 is 0 Å². The number of anilines is 1. The lowest BCUT2D eigenvalue weighted by Gasteiger charge is -2.24. The van der Waals surface area contributed by atoms with Crippen LogP contribution in [-0.4, -0.2) is 38.9 Å². The summed E-state index contributed by atoms with van der Waals surface area (Å²) < 4.78 is 31.3. The summed E-state index contributed by atoms with van der Waals surface area (Å²) in [6.45, 7) is 0. The SMILES string of the molecule is CNS(=O)(=O)c1ccc(-c2cccc(NC(O)C3(c4ccc(OC)cc4)CC3)n2)cc1. The first-order valence-electron chi connectivity index (χ1n) is 9.98. The summed E-state index contributed by atoms with van der Waals surface area (Å²) in [5, 5.41) is 14.1. The van der Waals surface area contributed by atoms with Crippen LogP contribution in [-0.2, 0) is 15.4 Å². The van der Waals surface area contributed by atoms with E-state index in [1.54, 1.807) is 37.4 Å². The maximum atomic E-state index is 11.9. The molecule has 2 aromatic carbocycles. The fourth-order valence-corrected chi connectivity index (χ4v) is 4.38. The average Bonchev–Trinajstić information content (AvgIpc) is 3.62. The lowest BCUT2D eigenvalue weighted by atomic mass is 9.94. The first-order chi connectivity index (χ1) is 14.9. The maximum absolute atomic E-state index is 11.9. The van der Waals surface area contributed by atoms with Gasteiger partial charge in [-0.3, -0.25) is 0 Å². The minimum absolute atomic E-state index is 0.193. The molecule has 3 N–H and O–H groups in total. The molecule has 31 heavy (non-hydrogen) atoms. The predicted molar refractivity (Wildman–Crippen MR) is 119 cm³/mol. The number of sulfonamides is 1. The van der Waals surface area contributed by atoms with Gasteiger partial charge in [-0.15, -0.1) is 0 Å². The highest BCUT2D eigenvalue weighted by atomic mass is 32.2. The molecule has 4 rings (SSSR count). The topological polar surface area (TPSA) is 101 Å².